The van der Waals surface area contributed by atoms with Crippen molar-refractivity contribution in [3.05, 3.63) is 24.0 Å². The van der Waals surface area contributed by atoms with Crippen LogP contribution < -0.4 is 10.2 Å². The van der Waals surface area contributed by atoms with E-state index in [0.717, 1.165) is 30.9 Å². The molecule has 1 unspecified atom stereocenters. The summed E-state index contributed by atoms with van der Waals surface area (Å²) in [5.74, 6) is -0.133. The molecular weight excluding hydrogens is 203 g/mol. The van der Waals surface area contributed by atoms with Gasteiger partial charge in [0.05, 0.1) is 11.4 Å². The second-order valence-corrected chi connectivity index (χ2v) is 4.72. The molecule has 1 aromatic rings. The number of hydrogen-bond donors (Lipinski definition) is 1. The summed E-state index contributed by atoms with van der Waals surface area (Å²) < 4.78 is 13.3. The summed E-state index contributed by atoms with van der Waals surface area (Å²) in [5.41, 5.74) is 2.15. The number of piperidine rings is 1. The molecule has 1 atom stereocenters. The maximum atomic E-state index is 13.3. The molecule has 0 bridgehead atoms. The highest BCUT2D eigenvalue weighted by molar-refractivity contribution is 5.71. The number of fused-ring (bicyclic) bond motifs is 3. The van der Waals surface area contributed by atoms with Crippen LogP contribution in [0.1, 0.15) is 25.7 Å². The summed E-state index contributed by atoms with van der Waals surface area (Å²) in [6.07, 6.45) is 4.95. The average Bonchev–Trinajstić information content (AvgIpc) is 2.48. The maximum absolute atomic E-state index is 13.3. The molecule has 1 fully saturated rings. The van der Waals surface area contributed by atoms with Gasteiger partial charge in [-0.25, -0.2) is 4.39 Å². The van der Waals surface area contributed by atoms with Crippen molar-refractivity contribution in [1.29, 1.82) is 0 Å². The fraction of sp³-hybridized carbons (Fsp3) is 0.538. The number of nitrogens with zero attached hydrogens (tertiary/aromatic N) is 1. The highest BCUT2D eigenvalue weighted by atomic mass is 19.1. The zero-order valence-electron chi connectivity index (χ0n) is 9.38. The minimum atomic E-state index is -0.133. The van der Waals surface area contributed by atoms with Gasteiger partial charge in [0.25, 0.3) is 0 Å². The van der Waals surface area contributed by atoms with Gasteiger partial charge in [-0.3, -0.25) is 0 Å². The van der Waals surface area contributed by atoms with Crippen molar-refractivity contribution in [3.63, 3.8) is 0 Å². The fourth-order valence-electron chi connectivity index (χ4n) is 2.88. The topological polar surface area (TPSA) is 15.3 Å². The molecule has 0 aliphatic carbocycles. The smallest absolute Gasteiger partial charge is 0.125 e. The van der Waals surface area contributed by atoms with Crippen molar-refractivity contribution in [2.75, 3.05) is 23.3 Å². The quantitative estimate of drug-likeness (QED) is 0.723. The van der Waals surface area contributed by atoms with Crippen LogP contribution in [-0.4, -0.2) is 19.1 Å². The van der Waals surface area contributed by atoms with Gasteiger partial charge in [0.2, 0.25) is 0 Å². The van der Waals surface area contributed by atoms with Crippen molar-refractivity contribution >= 4 is 11.4 Å². The Hall–Kier alpha value is -1.25. The molecule has 3 heteroatoms. The number of nitrogens with one attached hydrogen (secondary N) is 1. The molecule has 0 spiro atoms. The van der Waals surface area contributed by atoms with E-state index in [1.807, 2.05) is 6.07 Å². The molecule has 1 N–H and O–H groups in total. The molecule has 0 amide bonds. The molecule has 2 heterocycles. The summed E-state index contributed by atoms with van der Waals surface area (Å²) in [6, 6.07) is 5.67. The van der Waals surface area contributed by atoms with Crippen molar-refractivity contribution in [2.24, 2.45) is 0 Å². The Morgan fingerprint density at radius 2 is 2.19 bits per heavy atom. The van der Waals surface area contributed by atoms with Gasteiger partial charge in [-0.1, -0.05) is 0 Å². The van der Waals surface area contributed by atoms with E-state index in [1.54, 1.807) is 6.07 Å². The van der Waals surface area contributed by atoms with Gasteiger partial charge in [-0.05, 0) is 43.9 Å². The average molecular weight is 220 g/mol. The minimum absolute atomic E-state index is 0.133. The Kier molecular flexibility index (Phi) is 2.46. The Balaban J connectivity index is 2.02. The first-order chi connectivity index (χ1) is 7.84. The molecule has 2 nitrogen and oxygen atoms in total. The molecule has 0 radical (unpaired) electrons. The molecule has 16 heavy (non-hydrogen) atoms. The van der Waals surface area contributed by atoms with Crippen LogP contribution in [0, 0.1) is 5.82 Å². The summed E-state index contributed by atoms with van der Waals surface area (Å²) in [5, 5.41) is 3.40. The second kappa shape index (κ2) is 3.96. The largest absolute Gasteiger partial charge is 0.383 e. The monoisotopic (exact) mass is 220 g/mol. The molecule has 1 aromatic carbocycles. The predicted octanol–water partition coefficient (Wildman–Crippen LogP) is 3.00. The van der Waals surface area contributed by atoms with E-state index >= 15 is 0 Å². The molecule has 1 saturated heterocycles. The van der Waals surface area contributed by atoms with Gasteiger partial charge in [0.15, 0.2) is 0 Å². The lowest BCUT2D eigenvalue weighted by Crippen LogP contribution is -2.39. The molecule has 0 aromatic heterocycles. The molecule has 2 aliphatic rings. The third-order valence-electron chi connectivity index (χ3n) is 3.69. The molecule has 2 aliphatic heterocycles. The third-order valence-corrected chi connectivity index (χ3v) is 3.69. The third kappa shape index (κ3) is 1.64. The number of anilines is 2. The number of hydrogen-bond acceptors (Lipinski definition) is 2. The SMILES string of the molecule is Fc1ccc2c(c1)N1CCCCC1CCN2. The van der Waals surface area contributed by atoms with Crippen molar-refractivity contribution in [1.82, 2.24) is 0 Å². The Bertz CT molecular complexity index is 392. The van der Waals surface area contributed by atoms with Crippen LogP contribution in [0.3, 0.4) is 0 Å². The van der Waals surface area contributed by atoms with E-state index in [9.17, 15) is 4.39 Å². The lowest BCUT2D eigenvalue weighted by Gasteiger charge is -2.36. The van der Waals surface area contributed by atoms with Crippen molar-refractivity contribution < 1.29 is 4.39 Å². The van der Waals surface area contributed by atoms with Crippen LogP contribution in [0.4, 0.5) is 15.8 Å². The van der Waals surface area contributed by atoms with Gasteiger partial charge in [0.1, 0.15) is 5.82 Å². The van der Waals surface area contributed by atoms with Gasteiger partial charge in [-0.15, -0.1) is 0 Å². The molecular formula is C13H17FN2. The predicted molar refractivity (Wildman–Crippen MR) is 64.5 cm³/mol. The summed E-state index contributed by atoms with van der Waals surface area (Å²) in [4.78, 5) is 2.39. The number of rotatable bonds is 0. The van der Waals surface area contributed by atoms with E-state index < -0.39 is 0 Å². The molecule has 0 saturated carbocycles. The zero-order chi connectivity index (χ0) is 11.0. The van der Waals surface area contributed by atoms with Crippen LogP contribution in [0.25, 0.3) is 0 Å². The van der Waals surface area contributed by atoms with Gasteiger partial charge < -0.3 is 10.2 Å². The fourth-order valence-corrected chi connectivity index (χ4v) is 2.88. The first kappa shape index (κ1) is 9.94. The standard InChI is InChI=1S/C13H17FN2/c14-10-4-5-12-13(9-10)16-8-2-1-3-11(16)6-7-15-12/h4-5,9,11,15H,1-3,6-8H2. The van der Waals surface area contributed by atoms with Crippen LogP contribution >= 0.6 is 0 Å². The van der Waals surface area contributed by atoms with E-state index in [0.29, 0.717) is 6.04 Å². The zero-order valence-corrected chi connectivity index (χ0v) is 9.38. The Labute approximate surface area is 95.4 Å². The van der Waals surface area contributed by atoms with E-state index in [4.69, 9.17) is 0 Å². The summed E-state index contributed by atoms with van der Waals surface area (Å²) in [6.45, 7) is 2.07. The number of halogens is 1. The van der Waals surface area contributed by atoms with Gasteiger partial charge >= 0.3 is 0 Å². The molecule has 3 rings (SSSR count). The minimum Gasteiger partial charge on any atom is -0.383 e. The lowest BCUT2D eigenvalue weighted by atomic mass is 9.99. The van der Waals surface area contributed by atoms with Crippen LogP contribution in [0.15, 0.2) is 18.2 Å². The first-order valence-electron chi connectivity index (χ1n) is 6.15. The van der Waals surface area contributed by atoms with Crippen molar-refractivity contribution in [3.8, 4) is 0 Å². The summed E-state index contributed by atoms with van der Waals surface area (Å²) in [7, 11) is 0. The first-order valence-corrected chi connectivity index (χ1v) is 6.15. The van der Waals surface area contributed by atoms with E-state index in [-0.39, 0.29) is 5.82 Å². The number of benzene rings is 1. The maximum Gasteiger partial charge on any atom is 0.125 e. The molecule has 86 valence electrons. The normalized spacial score (nSPS) is 24.1. The van der Waals surface area contributed by atoms with Crippen LogP contribution in [-0.2, 0) is 0 Å². The summed E-state index contributed by atoms with van der Waals surface area (Å²) >= 11 is 0. The highest BCUT2D eigenvalue weighted by Crippen LogP contribution is 2.35. The lowest BCUT2D eigenvalue weighted by molar-refractivity contribution is 0.449. The Morgan fingerprint density at radius 1 is 1.25 bits per heavy atom. The van der Waals surface area contributed by atoms with Gasteiger partial charge in [-0.2, -0.15) is 0 Å². The van der Waals surface area contributed by atoms with E-state index in [2.05, 4.69) is 10.2 Å². The van der Waals surface area contributed by atoms with Crippen LogP contribution in [0.5, 0.6) is 0 Å². The highest BCUT2D eigenvalue weighted by Gasteiger charge is 2.26. The van der Waals surface area contributed by atoms with E-state index in [1.165, 1.54) is 25.3 Å². The van der Waals surface area contributed by atoms with Gasteiger partial charge in [0, 0.05) is 19.1 Å². The Morgan fingerprint density at radius 3 is 3.12 bits per heavy atom. The van der Waals surface area contributed by atoms with Crippen molar-refractivity contribution in [2.45, 2.75) is 31.7 Å². The van der Waals surface area contributed by atoms with Crippen LogP contribution in [0.2, 0.25) is 0 Å². The second-order valence-electron chi connectivity index (χ2n) is 4.72.